The summed E-state index contributed by atoms with van der Waals surface area (Å²) < 4.78 is 0. The molecule has 0 spiro atoms. The number of halogens is 1. The van der Waals surface area contributed by atoms with Gasteiger partial charge in [-0.1, -0.05) is 41.9 Å². The Bertz CT molecular complexity index is 2640. The van der Waals surface area contributed by atoms with Gasteiger partial charge in [0.1, 0.15) is 42.3 Å². The van der Waals surface area contributed by atoms with Crippen molar-refractivity contribution in [1.29, 1.82) is 0 Å². The fraction of sp³-hybridized carbons (Fsp3) is 0.490. The number of aromatic nitrogens is 1. The van der Waals surface area contributed by atoms with E-state index < -0.39 is 102 Å². The van der Waals surface area contributed by atoms with Crippen LogP contribution in [0.1, 0.15) is 75.8 Å². The van der Waals surface area contributed by atoms with Gasteiger partial charge in [-0.25, -0.2) is 0 Å². The third-order valence-corrected chi connectivity index (χ3v) is 12.9. The first-order valence-electron chi connectivity index (χ1n) is 24.9. The molecular formula is C49H69ClN16O10. The third kappa shape index (κ3) is 18.1. The lowest BCUT2D eigenvalue weighted by Gasteiger charge is -2.31. The number of hydrogen-bond acceptors (Lipinski definition) is 12. The number of nitrogens with zero attached hydrogens (tertiary/aromatic N) is 3. The maximum absolute atomic E-state index is 14.7. The molecule has 8 atom stereocenters. The Morgan fingerprint density at radius 1 is 0.816 bits per heavy atom. The highest BCUT2D eigenvalue weighted by Gasteiger charge is 2.43. The summed E-state index contributed by atoms with van der Waals surface area (Å²) >= 11 is 6.34. The van der Waals surface area contributed by atoms with Gasteiger partial charge in [0.2, 0.25) is 53.2 Å². The van der Waals surface area contributed by atoms with Gasteiger partial charge >= 0.3 is 0 Å². The summed E-state index contributed by atoms with van der Waals surface area (Å²) in [6, 6.07) is 4.04. The molecule has 0 unspecified atom stereocenters. The number of aliphatic imine (C=N–C) groups is 2. The van der Waals surface area contributed by atoms with Crippen LogP contribution in [0.4, 0.5) is 0 Å². The second-order valence-electron chi connectivity index (χ2n) is 18.7. The van der Waals surface area contributed by atoms with Gasteiger partial charge in [-0.2, -0.15) is 0 Å². The maximum Gasteiger partial charge on any atom is 0.245 e. The molecule has 412 valence electrons. The number of carbonyl (C=O) groups excluding carboxylic acids is 9. The number of aliphatic hydroxyl groups is 1. The predicted octanol–water partition coefficient (Wildman–Crippen LogP) is -3.22. The van der Waals surface area contributed by atoms with Gasteiger partial charge in [-0.15, -0.1) is 0 Å². The minimum Gasteiger partial charge on any atom is -0.391 e. The number of aliphatic hydroxyl groups excluding tert-OH is 1. The molecule has 27 heteroatoms. The van der Waals surface area contributed by atoms with E-state index in [9.17, 15) is 48.3 Å². The molecule has 2 saturated heterocycles. The number of nitrogens with one attached hydrogen (secondary N) is 8. The third-order valence-electron chi connectivity index (χ3n) is 12.7. The topological polar surface area (TPSA) is 432 Å². The molecule has 2 fully saturated rings. The second-order valence-corrected chi connectivity index (χ2v) is 19.1. The van der Waals surface area contributed by atoms with E-state index in [1.807, 2.05) is 18.2 Å². The lowest BCUT2D eigenvalue weighted by molar-refractivity contribution is -0.143. The molecule has 5 rings (SSSR count). The smallest absolute Gasteiger partial charge is 0.245 e. The van der Waals surface area contributed by atoms with Crippen LogP contribution in [0.2, 0.25) is 5.02 Å². The number of guanidine groups is 2. The summed E-state index contributed by atoms with van der Waals surface area (Å²) in [6.45, 7) is 0.919. The quantitative estimate of drug-likeness (QED) is 0.0382. The second kappa shape index (κ2) is 28.6. The van der Waals surface area contributed by atoms with Gasteiger partial charge in [-0.3, -0.25) is 53.1 Å². The lowest BCUT2D eigenvalue weighted by Crippen LogP contribution is -2.60. The number of primary amides is 1. The minimum absolute atomic E-state index is 0.0303. The van der Waals surface area contributed by atoms with Crippen molar-refractivity contribution < 1.29 is 48.3 Å². The van der Waals surface area contributed by atoms with Gasteiger partial charge in [-0.05, 0) is 74.3 Å². The van der Waals surface area contributed by atoms with Crippen LogP contribution in [0, 0.1) is 0 Å². The van der Waals surface area contributed by atoms with E-state index in [0.717, 1.165) is 15.8 Å². The van der Waals surface area contributed by atoms with Crippen LogP contribution in [0.25, 0.3) is 10.9 Å². The normalized spacial score (nSPS) is 22.8. The number of aromatic amines is 1. The molecule has 19 N–H and O–H groups in total. The van der Waals surface area contributed by atoms with Gasteiger partial charge < -0.3 is 80.9 Å². The lowest BCUT2D eigenvalue weighted by atomic mass is 10.0. The highest BCUT2D eigenvalue weighted by atomic mass is 35.5. The standard InChI is InChI=1S/C49H69ClN16O10/c1-26(67)60-34(13-6-18-57-48(52)53)42(71)63-36-15-16-40(69)56-17-5-12-33(41(51)70)61-45(74)38(22-28-24-59-32-11-3-2-10-31(28)32)64-43(72)35(14-7-19-58-49(54)55)62-44(73)37(21-27-8-4-9-29(50)20-27)65-46(75)39-23-30(68)25-66(39)47(36)76/h2-4,8-11,20,24,30,33-39,59,68H,5-7,12-19,21-23,25H2,1H3,(H2,51,70)(H,56,69)(H,60,67)(H,61,74)(H,62,73)(H,63,71)(H,64,72)(H,65,75)(H4,52,53,57)(H4,54,55,58)/t30-,33+,34+,35+,36+,37-,38+,39+/m1/s1. The van der Waals surface area contributed by atoms with Crippen molar-refractivity contribution in [3.63, 3.8) is 0 Å². The maximum atomic E-state index is 14.7. The number of benzene rings is 2. The molecule has 0 bridgehead atoms. The average molecular weight is 1080 g/mol. The Morgan fingerprint density at radius 3 is 2.17 bits per heavy atom. The fourth-order valence-corrected chi connectivity index (χ4v) is 9.15. The first-order chi connectivity index (χ1) is 36.2. The van der Waals surface area contributed by atoms with E-state index in [1.54, 1.807) is 36.5 Å². The highest BCUT2D eigenvalue weighted by molar-refractivity contribution is 6.30. The number of para-hydroxylation sites is 1. The Morgan fingerprint density at radius 2 is 1.47 bits per heavy atom. The Balaban J connectivity index is 1.54. The van der Waals surface area contributed by atoms with Gasteiger partial charge in [0, 0.05) is 80.9 Å². The number of rotatable bonds is 16. The van der Waals surface area contributed by atoms with E-state index in [4.69, 9.17) is 40.3 Å². The molecule has 76 heavy (non-hydrogen) atoms. The minimum atomic E-state index is -1.51. The van der Waals surface area contributed by atoms with E-state index in [0.29, 0.717) is 16.1 Å². The summed E-state index contributed by atoms with van der Waals surface area (Å²) in [5, 5.41) is 30.8. The number of fused-ring (bicyclic) bond motifs is 2. The van der Waals surface area contributed by atoms with Gasteiger partial charge in [0.25, 0.3) is 0 Å². The molecular weight excluding hydrogens is 1010 g/mol. The summed E-state index contributed by atoms with van der Waals surface area (Å²) in [5.74, 6) is -7.53. The van der Waals surface area contributed by atoms with E-state index >= 15 is 0 Å². The summed E-state index contributed by atoms with van der Waals surface area (Å²) in [7, 11) is 0. The fourth-order valence-electron chi connectivity index (χ4n) is 8.93. The van der Waals surface area contributed by atoms with Crippen LogP contribution >= 0.6 is 11.6 Å². The molecule has 3 aromatic rings. The first-order valence-corrected chi connectivity index (χ1v) is 25.3. The molecule has 1 aromatic heterocycles. The molecule has 26 nitrogen and oxygen atoms in total. The Labute approximate surface area is 443 Å². The molecule has 0 aliphatic carbocycles. The van der Waals surface area contributed by atoms with Crippen LogP contribution in [-0.2, 0) is 56.0 Å². The van der Waals surface area contributed by atoms with Crippen LogP contribution in [0.3, 0.4) is 0 Å². The molecule has 0 radical (unpaired) electrons. The Hall–Kier alpha value is -8.00. The number of nitrogens with two attached hydrogens (primary N) is 5. The zero-order valence-electron chi connectivity index (χ0n) is 42.1. The molecule has 3 heterocycles. The van der Waals surface area contributed by atoms with Crippen LogP contribution in [0.15, 0.2) is 64.7 Å². The molecule has 2 aliphatic heterocycles. The highest BCUT2D eigenvalue weighted by Crippen LogP contribution is 2.23. The summed E-state index contributed by atoms with van der Waals surface area (Å²) in [4.78, 5) is 137. The number of amides is 9. The number of carbonyl (C=O) groups is 9. The zero-order valence-corrected chi connectivity index (χ0v) is 42.9. The summed E-state index contributed by atoms with van der Waals surface area (Å²) in [5.41, 5.74) is 29.7. The number of H-pyrrole nitrogens is 1. The Kier molecular flexibility index (Phi) is 22.2. The van der Waals surface area contributed by atoms with Crippen LogP contribution in [-0.4, -0.2) is 155 Å². The number of hydrogen-bond donors (Lipinski definition) is 14. The SMILES string of the molecule is CC(=O)N[C@@H](CCCN=C(N)N)C(=O)N[C@H]1CCC(=O)NCCC[C@@H](C(N)=O)NC(=O)[C@H](Cc2c[nH]c3ccccc23)NC(=O)[C@H](CCCN=C(N)N)NC(=O)[C@@H](Cc2cccc(Cl)c2)NC(=O)[C@@H]2C[C@@H](O)CN2C1=O. The first kappa shape index (κ1) is 58.9. The van der Waals surface area contributed by atoms with Crippen molar-refractivity contribution in [3.8, 4) is 0 Å². The summed E-state index contributed by atoms with van der Waals surface area (Å²) in [6.07, 6.45) is -0.503. The molecule has 9 amide bonds. The van der Waals surface area contributed by atoms with Crippen LogP contribution < -0.4 is 65.9 Å². The van der Waals surface area contributed by atoms with Crippen molar-refractivity contribution in [2.75, 3.05) is 26.2 Å². The average Bonchev–Trinajstić information content (AvgIpc) is 3.97. The predicted molar refractivity (Wildman–Crippen MR) is 281 cm³/mol. The van der Waals surface area contributed by atoms with E-state index in [2.05, 4.69) is 52.2 Å². The van der Waals surface area contributed by atoms with Crippen molar-refractivity contribution in [3.05, 3.63) is 70.9 Å². The van der Waals surface area contributed by atoms with Gasteiger partial charge in [0.15, 0.2) is 11.9 Å². The van der Waals surface area contributed by atoms with Crippen molar-refractivity contribution in [2.24, 2.45) is 38.7 Å². The van der Waals surface area contributed by atoms with Crippen molar-refractivity contribution >= 4 is 87.6 Å². The molecule has 2 aliphatic rings. The van der Waals surface area contributed by atoms with Crippen LogP contribution in [0.5, 0.6) is 0 Å². The molecule has 2 aromatic carbocycles. The van der Waals surface area contributed by atoms with E-state index in [-0.39, 0.29) is 109 Å². The zero-order chi connectivity index (χ0) is 55.5. The largest absolute Gasteiger partial charge is 0.391 e. The van der Waals surface area contributed by atoms with E-state index in [1.165, 1.54) is 6.92 Å². The van der Waals surface area contributed by atoms with Crippen molar-refractivity contribution in [2.45, 2.75) is 126 Å². The van der Waals surface area contributed by atoms with Gasteiger partial charge in [0.05, 0.1) is 6.10 Å². The molecule has 0 saturated carbocycles. The monoisotopic (exact) mass is 1080 g/mol. The van der Waals surface area contributed by atoms with Crippen molar-refractivity contribution in [1.82, 2.24) is 47.1 Å².